The van der Waals surface area contributed by atoms with E-state index < -0.39 is 6.04 Å². The van der Waals surface area contributed by atoms with E-state index in [1.807, 2.05) is 13.8 Å². The fourth-order valence-corrected chi connectivity index (χ4v) is 2.18. The van der Waals surface area contributed by atoms with Crippen LogP contribution in [0.2, 0.25) is 0 Å². The van der Waals surface area contributed by atoms with Crippen molar-refractivity contribution in [1.29, 1.82) is 0 Å². The second-order valence-corrected chi connectivity index (χ2v) is 4.42. The highest BCUT2D eigenvalue weighted by Crippen LogP contribution is 2.27. The molecule has 94 valence electrons. The van der Waals surface area contributed by atoms with Gasteiger partial charge in [-0.15, -0.1) is 0 Å². The number of carbonyl (C=O) groups excluding carboxylic acids is 1. The van der Waals surface area contributed by atoms with Crippen molar-refractivity contribution in [3.8, 4) is 0 Å². The Hall–Kier alpha value is -1.35. The van der Waals surface area contributed by atoms with Crippen LogP contribution in [0.1, 0.15) is 33.9 Å². The van der Waals surface area contributed by atoms with Crippen molar-refractivity contribution in [2.75, 3.05) is 14.2 Å². The molecule has 0 aliphatic rings. The van der Waals surface area contributed by atoms with Gasteiger partial charge in [0.05, 0.1) is 7.11 Å². The molecule has 1 aromatic carbocycles. The molecular weight excluding hydrogens is 214 g/mol. The van der Waals surface area contributed by atoms with E-state index in [2.05, 4.69) is 25.2 Å². The smallest absolute Gasteiger partial charge is 0.327 e. The molecule has 1 N–H and O–H groups in total. The second-order valence-electron chi connectivity index (χ2n) is 4.42. The van der Waals surface area contributed by atoms with Crippen molar-refractivity contribution in [2.45, 2.75) is 33.7 Å². The highest BCUT2D eigenvalue weighted by Gasteiger charge is 2.24. The van der Waals surface area contributed by atoms with Crippen molar-refractivity contribution < 1.29 is 9.53 Å². The van der Waals surface area contributed by atoms with Gasteiger partial charge in [0.1, 0.15) is 6.04 Å². The quantitative estimate of drug-likeness (QED) is 0.817. The average Bonchev–Trinajstić information content (AvgIpc) is 2.31. The maximum atomic E-state index is 11.8. The van der Waals surface area contributed by atoms with Crippen molar-refractivity contribution >= 4 is 5.97 Å². The van der Waals surface area contributed by atoms with Gasteiger partial charge in [-0.3, -0.25) is 0 Å². The molecule has 0 fully saturated rings. The van der Waals surface area contributed by atoms with Crippen LogP contribution in [0, 0.1) is 27.7 Å². The summed E-state index contributed by atoms with van der Waals surface area (Å²) in [6, 6.07) is 1.76. The molecule has 0 saturated carbocycles. The normalized spacial score (nSPS) is 12.4. The van der Waals surface area contributed by atoms with E-state index in [0.717, 1.165) is 16.7 Å². The molecule has 3 nitrogen and oxygen atoms in total. The largest absolute Gasteiger partial charge is 0.468 e. The summed E-state index contributed by atoms with van der Waals surface area (Å²) in [7, 11) is 3.19. The first-order valence-corrected chi connectivity index (χ1v) is 5.76. The fraction of sp³-hybridized carbons (Fsp3) is 0.500. The van der Waals surface area contributed by atoms with E-state index in [4.69, 9.17) is 4.74 Å². The molecule has 1 aromatic rings. The lowest BCUT2D eigenvalue weighted by atomic mass is 9.90. The van der Waals surface area contributed by atoms with Crippen LogP contribution in [0.3, 0.4) is 0 Å². The molecule has 0 aliphatic carbocycles. The molecule has 3 heteroatoms. The molecule has 1 atom stereocenters. The number of methoxy groups -OCH3 is 1. The Labute approximate surface area is 103 Å². The summed E-state index contributed by atoms with van der Waals surface area (Å²) in [4.78, 5) is 11.8. The minimum Gasteiger partial charge on any atom is -0.468 e. The topological polar surface area (TPSA) is 38.3 Å². The molecule has 0 aliphatic heterocycles. The van der Waals surface area contributed by atoms with Crippen LogP contribution in [-0.2, 0) is 9.53 Å². The number of likely N-dealkylation sites (N-methyl/N-ethyl adjacent to an activating group) is 1. The van der Waals surface area contributed by atoms with Gasteiger partial charge < -0.3 is 10.1 Å². The van der Waals surface area contributed by atoms with E-state index in [0.29, 0.717) is 0 Å². The number of benzene rings is 1. The number of carbonyl (C=O) groups is 1. The SMILES string of the molecule is CNC(C(=O)OC)c1c(C)c(C)cc(C)c1C. The van der Waals surface area contributed by atoms with Crippen molar-refractivity contribution in [2.24, 2.45) is 0 Å². The van der Waals surface area contributed by atoms with E-state index in [1.54, 1.807) is 7.05 Å². The molecule has 0 saturated heterocycles. The third kappa shape index (κ3) is 2.50. The summed E-state index contributed by atoms with van der Waals surface area (Å²) in [5.74, 6) is -0.247. The Morgan fingerprint density at radius 3 is 2.00 bits per heavy atom. The van der Waals surface area contributed by atoms with E-state index in [-0.39, 0.29) is 5.97 Å². The summed E-state index contributed by atoms with van der Waals surface area (Å²) in [6.07, 6.45) is 0. The Morgan fingerprint density at radius 1 is 1.18 bits per heavy atom. The molecule has 0 radical (unpaired) electrons. The number of hydrogen-bond acceptors (Lipinski definition) is 3. The van der Waals surface area contributed by atoms with Gasteiger partial charge in [0.2, 0.25) is 0 Å². The molecular formula is C14H21NO2. The average molecular weight is 235 g/mol. The Balaban J connectivity index is 3.42. The molecule has 0 amide bonds. The van der Waals surface area contributed by atoms with Crippen LogP contribution in [-0.4, -0.2) is 20.1 Å². The zero-order chi connectivity index (χ0) is 13.2. The molecule has 0 heterocycles. The molecule has 0 spiro atoms. The lowest BCUT2D eigenvalue weighted by molar-refractivity contribution is -0.143. The number of hydrogen-bond donors (Lipinski definition) is 1. The number of esters is 1. The maximum absolute atomic E-state index is 11.8. The van der Waals surface area contributed by atoms with Gasteiger partial charge in [-0.1, -0.05) is 6.07 Å². The van der Waals surface area contributed by atoms with Crippen molar-refractivity contribution in [3.63, 3.8) is 0 Å². The highest BCUT2D eigenvalue weighted by atomic mass is 16.5. The van der Waals surface area contributed by atoms with Gasteiger partial charge in [-0.25, -0.2) is 4.79 Å². The fourth-order valence-electron chi connectivity index (χ4n) is 2.18. The first-order chi connectivity index (χ1) is 7.93. The van der Waals surface area contributed by atoms with Crippen LogP contribution in [0.15, 0.2) is 6.07 Å². The predicted octanol–water partition coefficient (Wildman–Crippen LogP) is 2.35. The molecule has 1 unspecified atom stereocenters. The van der Waals surface area contributed by atoms with Crippen LogP contribution >= 0.6 is 0 Å². The van der Waals surface area contributed by atoms with Gasteiger partial charge in [-0.2, -0.15) is 0 Å². The number of ether oxygens (including phenoxy) is 1. The van der Waals surface area contributed by atoms with Gasteiger partial charge in [-0.05, 0) is 62.6 Å². The van der Waals surface area contributed by atoms with Gasteiger partial charge in [0.15, 0.2) is 0 Å². The lowest BCUT2D eigenvalue weighted by Crippen LogP contribution is -2.28. The Morgan fingerprint density at radius 2 is 1.65 bits per heavy atom. The van der Waals surface area contributed by atoms with Gasteiger partial charge in [0, 0.05) is 0 Å². The summed E-state index contributed by atoms with van der Waals surface area (Å²) < 4.78 is 4.85. The van der Waals surface area contributed by atoms with Crippen LogP contribution in [0.25, 0.3) is 0 Å². The molecule has 0 bridgehead atoms. The van der Waals surface area contributed by atoms with Crippen molar-refractivity contribution in [3.05, 3.63) is 33.9 Å². The van der Waals surface area contributed by atoms with E-state index in [1.165, 1.54) is 18.2 Å². The van der Waals surface area contributed by atoms with E-state index in [9.17, 15) is 4.79 Å². The van der Waals surface area contributed by atoms with Crippen LogP contribution < -0.4 is 5.32 Å². The van der Waals surface area contributed by atoms with Crippen LogP contribution in [0.4, 0.5) is 0 Å². The first-order valence-electron chi connectivity index (χ1n) is 5.76. The summed E-state index contributed by atoms with van der Waals surface area (Å²) in [5, 5.41) is 3.03. The van der Waals surface area contributed by atoms with E-state index >= 15 is 0 Å². The summed E-state index contributed by atoms with van der Waals surface area (Å²) >= 11 is 0. The second kappa shape index (κ2) is 5.32. The summed E-state index contributed by atoms with van der Waals surface area (Å²) in [6.45, 7) is 8.22. The van der Waals surface area contributed by atoms with Gasteiger partial charge >= 0.3 is 5.97 Å². The third-order valence-electron chi connectivity index (χ3n) is 3.44. The lowest BCUT2D eigenvalue weighted by Gasteiger charge is -2.21. The predicted molar refractivity (Wildman–Crippen MR) is 69.2 cm³/mol. The number of aryl methyl sites for hydroxylation is 2. The van der Waals surface area contributed by atoms with Crippen LogP contribution in [0.5, 0.6) is 0 Å². The molecule has 0 aromatic heterocycles. The minimum atomic E-state index is -0.390. The summed E-state index contributed by atoms with van der Waals surface area (Å²) in [5.41, 5.74) is 5.74. The zero-order valence-corrected chi connectivity index (χ0v) is 11.5. The maximum Gasteiger partial charge on any atom is 0.327 e. The standard InChI is InChI=1S/C14H21NO2/c1-8-7-9(2)11(4)12(10(8)3)13(15-5)14(16)17-6/h7,13,15H,1-6H3. The third-order valence-corrected chi connectivity index (χ3v) is 3.44. The number of nitrogens with one attached hydrogen (secondary N) is 1. The first kappa shape index (κ1) is 13.7. The van der Waals surface area contributed by atoms with Crippen molar-refractivity contribution in [1.82, 2.24) is 5.32 Å². The monoisotopic (exact) mass is 235 g/mol. The molecule has 1 rings (SSSR count). The zero-order valence-electron chi connectivity index (χ0n) is 11.5. The highest BCUT2D eigenvalue weighted by molar-refractivity contribution is 5.79. The Bertz CT molecular complexity index is 412. The Kier molecular flexibility index (Phi) is 4.29. The molecule has 17 heavy (non-hydrogen) atoms. The van der Waals surface area contributed by atoms with Gasteiger partial charge in [0.25, 0.3) is 0 Å². The minimum absolute atomic E-state index is 0.247. The number of rotatable bonds is 3.